The smallest absolute Gasteiger partial charge is 0.245 e. The third-order valence-corrected chi connectivity index (χ3v) is 5.11. The minimum absolute atomic E-state index is 0.0326. The van der Waals surface area contributed by atoms with Crippen LogP contribution in [0, 0.1) is 5.92 Å². The van der Waals surface area contributed by atoms with Gasteiger partial charge in [-0.1, -0.05) is 13.8 Å². The molecule has 2 aliphatic carbocycles. The van der Waals surface area contributed by atoms with Gasteiger partial charge in [-0.25, -0.2) is 0 Å². The Morgan fingerprint density at radius 2 is 1.90 bits per heavy atom. The first-order chi connectivity index (χ1) is 10.1. The van der Waals surface area contributed by atoms with Gasteiger partial charge in [0.05, 0.1) is 6.61 Å². The summed E-state index contributed by atoms with van der Waals surface area (Å²) in [6.45, 7) is 4.44. The molecule has 1 unspecified atom stereocenters. The van der Waals surface area contributed by atoms with E-state index in [9.17, 15) is 9.59 Å². The van der Waals surface area contributed by atoms with E-state index in [2.05, 4.69) is 12.2 Å². The highest BCUT2D eigenvalue weighted by molar-refractivity contribution is 5.89. The molecule has 0 aromatic carbocycles. The summed E-state index contributed by atoms with van der Waals surface area (Å²) in [5.74, 6) is 0.685. The second-order valence-electron chi connectivity index (χ2n) is 6.86. The zero-order valence-corrected chi connectivity index (χ0v) is 13.1. The van der Waals surface area contributed by atoms with E-state index < -0.39 is 11.8 Å². The average Bonchev–Trinajstić information content (AvgIpc) is 3.21. The maximum absolute atomic E-state index is 12.5. The van der Waals surface area contributed by atoms with Gasteiger partial charge in [-0.15, -0.1) is 0 Å². The normalized spacial score (nSPS) is 36.0. The predicted molar refractivity (Wildman–Crippen MR) is 78.4 cm³/mol. The van der Waals surface area contributed by atoms with Gasteiger partial charge in [0.15, 0.2) is 0 Å². The van der Waals surface area contributed by atoms with Crippen LogP contribution in [0.2, 0.25) is 0 Å². The van der Waals surface area contributed by atoms with Crippen LogP contribution in [-0.2, 0) is 14.3 Å². The van der Waals surface area contributed by atoms with Crippen molar-refractivity contribution in [2.24, 2.45) is 5.92 Å². The number of nitrogens with zero attached hydrogens (tertiary/aromatic N) is 1. The van der Waals surface area contributed by atoms with Gasteiger partial charge in [0.25, 0.3) is 0 Å². The summed E-state index contributed by atoms with van der Waals surface area (Å²) in [6.07, 6.45) is 6.37. The maximum atomic E-state index is 12.5. The Bertz CT molecular complexity index is 425. The highest BCUT2D eigenvalue weighted by Gasteiger charge is 2.53. The van der Waals surface area contributed by atoms with Crippen molar-refractivity contribution >= 4 is 11.8 Å². The Morgan fingerprint density at radius 1 is 1.24 bits per heavy atom. The molecule has 2 saturated carbocycles. The second-order valence-corrected chi connectivity index (χ2v) is 6.86. The van der Waals surface area contributed by atoms with Crippen molar-refractivity contribution in [3.8, 4) is 0 Å². The first-order valence-corrected chi connectivity index (χ1v) is 8.32. The van der Waals surface area contributed by atoms with Crippen molar-refractivity contribution in [2.75, 3.05) is 6.61 Å². The summed E-state index contributed by atoms with van der Waals surface area (Å²) in [6, 6.07) is -0.120. The SMILES string of the molecule is CCC(=O)N1C(C(=O)NC2CC2)COC12CCC(C)CC2. The van der Waals surface area contributed by atoms with E-state index in [0.717, 1.165) is 38.5 Å². The lowest BCUT2D eigenvalue weighted by Gasteiger charge is -2.43. The summed E-state index contributed by atoms with van der Waals surface area (Å²) in [7, 11) is 0. The maximum Gasteiger partial charge on any atom is 0.245 e. The number of carbonyl (C=O) groups is 2. The molecule has 5 nitrogen and oxygen atoms in total. The average molecular weight is 294 g/mol. The lowest BCUT2D eigenvalue weighted by Crippen LogP contribution is -2.56. The molecule has 1 spiro atoms. The number of amides is 2. The minimum Gasteiger partial charge on any atom is -0.353 e. The molecule has 1 atom stereocenters. The minimum atomic E-state index is -0.523. The lowest BCUT2D eigenvalue weighted by molar-refractivity contribution is -0.161. The molecule has 1 N–H and O–H groups in total. The van der Waals surface area contributed by atoms with Gasteiger partial charge >= 0.3 is 0 Å². The van der Waals surface area contributed by atoms with E-state index in [1.807, 2.05) is 6.92 Å². The second kappa shape index (κ2) is 5.59. The highest BCUT2D eigenvalue weighted by Crippen LogP contribution is 2.42. The summed E-state index contributed by atoms with van der Waals surface area (Å²) < 4.78 is 6.05. The first kappa shape index (κ1) is 14.8. The number of rotatable bonds is 3. The van der Waals surface area contributed by atoms with Gasteiger partial charge < -0.3 is 10.1 Å². The number of hydrogen-bond donors (Lipinski definition) is 1. The van der Waals surface area contributed by atoms with Crippen molar-refractivity contribution in [3.63, 3.8) is 0 Å². The molecule has 1 heterocycles. The van der Waals surface area contributed by atoms with Gasteiger partial charge in [0.2, 0.25) is 11.8 Å². The highest BCUT2D eigenvalue weighted by atomic mass is 16.5. The van der Waals surface area contributed by atoms with E-state index in [-0.39, 0.29) is 11.8 Å². The topological polar surface area (TPSA) is 58.6 Å². The van der Waals surface area contributed by atoms with Crippen LogP contribution in [0.5, 0.6) is 0 Å². The number of carbonyl (C=O) groups excluding carboxylic acids is 2. The molecule has 1 aliphatic heterocycles. The van der Waals surface area contributed by atoms with E-state index in [4.69, 9.17) is 4.74 Å². The molecule has 118 valence electrons. The van der Waals surface area contributed by atoms with Crippen LogP contribution in [0.3, 0.4) is 0 Å². The van der Waals surface area contributed by atoms with Crippen LogP contribution in [0.4, 0.5) is 0 Å². The van der Waals surface area contributed by atoms with Crippen LogP contribution >= 0.6 is 0 Å². The monoisotopic (exact) mass is 294 g/mol. The third kappa shape index (κ3) is 2.80. The number of ether oxygens (including phenoxy) is 1. The Hall–Kier alpha value is -1.10. The zero-order valence-electron chi connectivity index (χ0n) is 13.1. The number of hydrogen-bond acceptors (Lipinski definition) is 3. The summed E-state index contributed by atoms with van der Waals surface area (Å²) >= 11 is 0. The molecule has 0 aromatic heterocycles. The fourth-order valence-electron chi connectivity index (χ4n) is 3.55. The van der Waals surface area contributed by atoms with E-state index >= 15 is 0 Å². The van der Waals surface area contributed by atoms with Gasteiger partial charge in [0, 0.05) is 12.5 Å². The Morgan fingerprint density at radius 3 is 2.48 bits per heavy atom. The zero-order chi connectivity index (χ0) is 15.0. The van der Waals surface area contributed by atoms with Crippen LogP contribution in [0.1, 0.15) is 58.8 Å². The molecule has 3 aliphatic rings. The molecule has 0 radical (unpaired) electrons. The number of nitrogens with one attached hydrogen (secondary N) is 1. The van der Waals surface area contributed by atoms with Crippen LogP contribution in [-0.4, -0.2) is 41.1 Å². The lowest BCUT2D eigenvalue weighted by atomic mass is 9.83. The quantitative estimate of drug-likeness (QED) is 0.863. The van der Waals surface area contributed by atoms with Crippen molar-refractivity contribution in [1.29, 1.82) is 0 Å². The van der Waals surface area contributed by atoms with Crippen molar-refractivity contribution < 1.29 is 14.3 Å². The van der Waals surface area contributed by atoms with Crippen LogP contribution < -0.4 is 5.32 Å². The molecular weight excluding hydrogens is 268 g/mol. The summed E-state index contributed by atoms with van der Waals surface area (Å²) in [4.78, 5) is 26.7. The van der Waals surface area contributed by atoms with E-state index in [1.165, 1.54) is 0 Å². The Kier molecular flexibility index (Phi) is 3.95. The fourth-order valence-corrected chi connectivity index (χ4v) is 3.55. The molecular formula is C16H26N2O3. The third-order valence-electron chi connectivity index (χ3n) is 5.11. The molecule has 2 amide bonds. The molecule has 0 bridgehead atoms. The van der Waals surface area contributed by atoms with Gasteiger partial charge in [-0.05, 0) is 44.4 Å². The van der Waals surface area contributed by atoms with Gasteiger partial charge in [0.1, 0.15) is 11.8 Å². The van der Waals surface area contributed by atoms with Crippen LogP contribution in [0.15, 0.2) is 0 Å². The molecule has 1 saturated heterocycles. The molecule has 3 rings (SSSR count). The van der Waals surface area contributed by atoms with E-state index in [0.29, 0.717) is 25.0 Å². The van der Waals surface area contributed by atoms with Crippen molar-refractivity contribution in [3.05, 3.63) is 0 Å². The van der Waals surface area contributed by atoms with Crippen LogP contribution in [0.25, 0.3) is 0 Å². The predicted octanol–water partition coefficient (Wildman–Crippen LogP) is 1.81. The first-order valence-electron chi connectivity index (χ1n) is 8.32. The van der Waals surface area contributed by atoms with E-state index in [1.54, 1.807) is 4.90 Å². The Labute approximate surface area is 126 Å². The molecule has 0 aromatic rings. The fraction of sp³-hybridized carbons (Fsp3) is 0.875. The standard InChI is InChI=1S/C16H26N2O3/c1-3-14(19)18-13(15(20)17-12-4-5-12)10-21-16(18)8-6-11(2)7-9-16/h11-13H,3-10H2,1-2H3,(H,17,20). The van der Waals surface area contributed by atoms with Gasteiger partial charge in [-0.2, -0.15) is 0 Å². The largest absolute Gasteiger partial charge is 0.353 e. The molecule has 5 heteroatoms. The summed E-state index contributed by atoms with van der Waals surface area (Å²) in [5, 5.41) is 3.02. The van der Waals surface area contributed by atoms with Gasteiger partial charge in [-0.3, -0.25) is 14.5 Å². The molecule has 3 fully saturated rings. The molecule has 21 heavy (non-hydrogen) atoms. The van der Waals surface area contributed by atoms with Crippen molar-refractivity contribution in [1.82, 2.24) is 10.2 Å². The summed E-state index contributed by atoms with van der Waals surface area (Å²) in [5.41, 5.74) is -0.523. The Balaban J connectivity index is 1.78. The van der Waals surface area contributed by atoms with Crippen molar-refractivity contribution in [2.45, 2.75) is 76.6 Å².